The van der Waals surface area contributed by atoms with Crippen molar-refractivity contribution >= 4 is 11.4 Å². The molecule has 0 radical (unpaired) electrons. The van der Waals surface area contributed by atoms with Crippen LogP contribution in [0.5, 0.6) is 0 Å². The molecule has 1 aromatic rings. The van der Waals surface area contributed by atoms with E-state index in [2.05, 4.69) is 27.7 Å². The van der Waals surface area contributed by atoms with E-state index in [9.17, 15) is 0 Å². The lowest BCUT2D eigenvalue weighted by atomic mass is 10.1. The van der Waals surface area contributed by atoms with Gasteiger partial charge in [0.2, 0.25) is 0 Å². The van der Waals surface area contributed by atoms with Crippen LogP contribution in [0.15, 0.2) is 40.5 Å². The lowest BCUT2D eigenvalue weighted by Gasteiger charge is -2.00. The summed E-state index contributed by atoms with van der Waals surface area (Å²) in [6.45, 7) is 0.819. The van der Waals surface area contributed by atoms with E-state index in [-0.39, 0.29) is 0 Å². The molecule has 1 aromatic carbocycles. The summed E-state index contributed by atoms with van der Waals surface area (Å²) in [6.07, 6.45) is 0.866. The monoisotopic (exact) mass is 187 g/mol. The number of rotatable bonds is 3. The summed E-state index contributed by atoms with van der Waals surface area (Å²) in [5.74, 6) is 0. The van der Waals surface area contributed by atoms with Gasteiger partial charge < -0.3 is 5.32 Å². The lowest BCUT2D eigenvalue weighted by Crippen LogP contribution is -2.18. The third-order valence-corrected chi connectivity index (χ3v) is 2.17. The van der Waals surface area contributed by atoms with Gasteiger partial charge in [-0.25, -0.2) is 0 Å². The normalized spacial score (nSPS) is 15.2. The van der Waals surface area contributed by atoms with Gasteiger partial charge in [0, 0.05) is 13.0 Å². The molecule has 0 spiro atoms. The predicted octanol–water partition coefficient (Wildman–Crippen LogP) is 1.45. The highest BCUT2D eigenvalue weighted by atomic mass is 15.2. The van der Waals surface area contributed by atoms with E-state index >= 15 is 0 Å². The highest BCUT2D eigenvalue weighted by Gasteiger charge is 2.12. The molecule has 0 aliphatic carbocycles. The maximum atomic E-state index is 4.17. The second kappa shape index (κ2) is 4.15. The second-order valence-corrected chi connectivity index (χ2v) is 3.29. The van der Waals surface area contributed by atoms with Crippen LogP contribution in [0.2, 0.25) is 0 Å². The zero-order chi connectivity index (χ0) is 9.80. The Kier molecular flexibility index (Phi) is 2.70. The Hall–Kier alpha value is -1.48. The van der Waals surface area contributed by atoms with Crippen LogP contribution in [0.4, 0.5) is 0 Å². The molecular weight excluding hydrogens is 174 g/mol. The van der Waals surface area contributed by atoms with Gasteiger partial charge in [-0.1, -0.05) is 30.3 Å². The van der Waals surface area contributed by atoms with Gasteiger partial charge in [-0.3, -0.25) is 0 Å². The van der Waals surface area contributed by atoms with E-state index in [4.69, 9.17) is 0 Å². The molecule has 0 bridgehead atoms. The van der Waals surface area contributed by atoms with Crippen molar-refractivity contribution in [3.05, 3.63) is 35.9 Å². The summed E-state index contributed by atoms with van der Waals surface area (Å²) in [6, 6.07) is 10.2. The first-order valence-electron chi connectivity index (χ1n) is 4.72. The third kappa shape index (κ3) is 1.88. The molecule has 72 valence electrons. The van der Waals surface area contributed by atoms with E-state index in [1.165, 1.54) is 5.56 Å². The number of benzene rings is 1. The van der Waals surface area contributed by atoms with E-state index in [1.54, 1.807) is 0 Å². The molecule has 0 amide bonds. The van der Waals surface area contributed by atoms with Gasteiger partial charge >= 0.3 is 0 Å². The third-order valence-electron chi connectivity index (χ3n) is 2.17. The maximum Gasteiger partial charge on any atom is 0.0760 e. The Morgan fingerprint density at radius 1 is 1.21 bits per heavy atom. The van der Waals surface area contributed by atoms with Crippen molar-refractivity contribution in [2.45, 2.75) is 6.42 Å². The fourth-order valence-corrected chi connectivity index (χ4v) is 1.49. The molecule has 3 heteroatoms. The van der Waals surface area contributed by atoms with E-state index in [0.717, 1.165) is 24.4 Å². The van der Waals surface area contributed by atoms with Gasteiger partial charge in [0.05, 0.1) is 11.4 Å². The molecule has 0 unspecified atom stereocenters. The average molecular weight is 187 g/mol. The smallest absolute Gasteiger partial charge is 0.0760 e. The van der Waals surface area contributed by atoms with Crippen molar-refractivity contribution in [1.29, 1.82) is 0 Å². The van der Waals surface area contributed by atoms with Crippen LogP contribution in [0.1, 0.15) is 12.0 Å². The van der Waals surface area contributed by atoms with E-state index in [1.807, 2.05) is 25.2 Å². The van der Waals surface area contributed by atoms with Crippen molar-refractivity contribution < 1.29 is 0 Å². The molecule has 0 atom stereocenters. The molecule has 3 nitrogen and oxygen atoms in total. The molecule has 14 heavy (non-hydrogen) atoms. The summed E-state index contributed by atoms with van der Waals surface area (Å²) >= 11 is 0. The zero-order valence-corrected chi connectivity index (χ0v) is 8.20. The molecular formula is C11H13N3. The Morgan fingerprint density at radius 2 is 2.00 bits per heavy atom. The minimum Gasteiger partial charge on any atom is -0.314 e. The highest BCUT2D eigenvalue weighted by Crippen LogP contribution is 2.10. The fraction of sp³-hybridized carbons (Fsp3) is 0.273. The highest BCUT2D eigenvalue weighted by molar-refractivity contribution is 6.15. The summed E-state index contributed by atoms with van der Waals surface area (Å²) in [4.78, 5) is 0. The van der Waals surface area contributed by atoms with E-state index < -0.39 is 0 Å². The van der Waals surface area contributed by atoms with Gasteiger partial charge in [0.1, 0.15) is 0 Å². The Morgan fingerprint density at radius 3 is 2.71 bits per heavy atom. The first kappa shape index (κ1) is 9.09. The molecule has 0 saturated carbocycles. The quantitative estimate of drug-likeness (QED) is 0.764. The van der Waals surface area contributed by atoms with Crippen LogP contribution in [0, 0.1) is 0 Å². The van der Waals surface area contributed by atoms with Crippen LogP contribution >= 0.6 is 0 Å². The van der Waals surface area contributed by atoms with Crippen LogP contribution in [0.3, 0.4) is 0 Å². The van der Waals surface area contributed by atoms with Crippen LogP contribution in [-0.4, -0.2) is 25.0 Å². The van der Waals surface area contributed by atoms with Crippen molar-refractivity contribution in [2.24, 2.45) is 10.2 Å². The predicted molar refractivity (Wildman–Crippen MR) is 59.0 cm³/mol. The van der Waals surface area contributed by atoms with Crippen molar-refractivity contribution in [3.63, 3.8) is 0 Å². The molecule has 0 aromatic heterocycles. The second-order valence-electron chi connectivity index (χ2n) is 3.29. The zero-order valence-electron chi connectivity index (χ0n) is 8.20. The van der Waals surface area contributed by atoms with Crippen LogP contribution in [-0.2, 0) is 0 Å². The first-order valence-corrected chi connectivity index (χ1v) is 4.72. The lowest BCUT2D eigenvalue weighted by molar-refractivity contribution is 0.938. The maximum absolute atomic E-state index is 4.17. The minimum absolute atomic E-state index is 0.819. The Bertz CT molecular complexity index is 365. The van der Waals surface area contributed by atoms with Gasteiger partial charge in [0.15, 0.2) is 0 Å². The topological polar surface area (TPSA) is 36.8 Å². The first-order chi connectivity index (χ1) is 6.90. The summed E-state index contributed by atoms with van der Waals surface area (Å²) in [7, 11) is 1.92. The largest absolute Gasteiger partial charge is 0.314 e. The Labute approximate surface area is 83.6 Å². The number of nitrogens with zero attached hydrogens (tertiary/aromatic N) is 2. The van der Waals surface area contributed by atoms with Crippen LogP contribution < -0.4 is 5.32 Å². The number of hydrogen-bond donors (Lipinski definition) is 1. The van der Waals surface area contributed by atoms with Crippen molar-refractivity contribution in [2.75, 3.05) is 13.6 Å². The van der Waals surface area contributed by atoms with E-state index in [0.29, 0.717) is 0 Å². The number of nitrogens with one attached hydrogen (secondary N) is 1. The van der Waals surface area contributed by atoms with Gasteiger partial charge in [-0.15, -0.1) is 0 Å². The minimum atomic E-state index is 0.819. The average Bonchev–Trinajstić information content (AvgIpc) is 2.68. The van der Waals surface area contributed by atoms with Crippen molar-refractivity contribution in [1.82, 2.24) is 5.32 Å². The van der Waals surface area contributed by atoms with Gasteiger partial charge in [-0.2, -0.15) is 10.2 Å². The molecule has 1 N–H and O–H groups in total. The number of hydrogen-bond acceptors (Lipinski definition) is 3. The molecule has 1 heterocycles. The van der Waals surface area contributed by atoms with Gasteiger partial charge in [-0.05, 0) is 12.6 Å². The van der Waals surface area contributed by atoms with Gasteiger partial charge in [0.25, 0.3) is 0 Å². The summed E-state index contributed by atoms with van der Waals surface area (Å²) in [5.41, 5.74) is 3.34. The summed E-state index contributed by atoms with van der Waals surface area (Å²) < 4.78 is 0. The standard InChI is InChI=1S/C11H13N3/c1-12-8-10-7-11(14-13-10)9-5-3-2-4-6-9/h2-6,12H,7-8H2,1H3. The molecule has 1 aliphatic heterocycles. The molecule has 0 saturated heterocycles. The molecule has 1 aliphatic rings. The van der Waals surface area contributed by atoms with Crippen molar-refractivity contribution in [3.8, 4) is 0 Å². The van der Waals surface area contributed by atoms with Crippen LogP contribution in [0.25, 0.3) is 0 Å². The fourth-order valence-electron chi connectivity index (χ4n) is 1.49. The summed E-state index contributed by atoms with van der Waals surface area (Å²) in [5, 5.41) is 11.4. The Balaban J connectivity index is 2.06. The molecule has 2 rings (SSSR count). The molecule has 0 fully saturated rings. The SMILES string of the molecule is CNCC1=NN=C(c2ccccc2)C1.